The predicted octanol–water partition coefficient (Wildman–Crippen LogP) is 3.73. The number of anilines is 2. The summed E-state index contributed by atoms with van der Waals surface area (Å²) in [4.78, 5) is 14.2. The molecule has 0 saturated carbocycles. The van der Waals surface area contributed by atoms with E-state index in [2.05, 4.69) is 20.1 Å². The third-order valence-corrected chi connectivity index (χ3v) is 9.63. The van der Waals surface area contributed by atoms with Crippen LogP contribution in [0.5, 0.6) is 0 Å². The molecule has 1 N–H and O–H groups in total. The highest BCUT2D eigenvalue weighted by Crippen LogP contribution is 2.25. The number of hydrogen-bond donors (Lipinski definition) is 1. The van der Waals surface area contributed by atoms with E-state index in [-0.39, 0.29) is 17.8 Å². The molecular formula is C27H40N6O2S. The van der Waals surface area contributed by atoms with E-state index in [9.17, 15) is 8.42 Å². The number of likely N-dealkylation sites (tertiary alicyclic amines) is 1. The van der Waals surface area contributed by atoms with Crippen molar-refractivity contribution in [1.29, 1.82) is 0 Å². The summed E-state index contributed by atoms with van der Waals surface area (Å²) in [6.45, 7) is 5.26. The highest BCUT2D eigenvalue weighted by molar-refractivity contribution is 7.88. The van der Waals surface area contributed by atoms with Gasteiger partial charge in [-0.3, -0.25) is 4.90 Å². The molecule has 0 amide bonds. The fraction of sp³-hybridized carbons (Fsp3) is 0.630. The van der Waals surface area contributed by atoms with Gasteiger partial charge in [-0.05, 0) is 56.7 Å². The number of nitrogens with zero attached hydrogens (tertiary/aromatic N) is 5. The second-order valence-corrected chi connectivity index (χ2v) is 12.5. The van der Waals surface area contributed by atoms with Crippen molar-refractivity contribution in [2.75, 3.05) is 49.5 Å². The average Bonchev–Trinajstić information content (AvgIpc) is 3.19. The summed E-state index contributed by atoms with van der Waals surface area (Å²) in [5.41, 5.74) is 0.851. The predicted molar refractivity (Wildman–Crippen MR) is 145 cm³/mol. The topological polar surface area (TPSA) is 81.7 Å². The smallest absolute Gasteiger partial charge is 0.224 e. The van der Waals surface area contributed by atoms with E-state index in [4.69, 9.17) is 4.98 Å². The number of piperidine rings is 2. The maximum atomic E-state index is 13.1. The highest BCUT2D eigenvalue weighted by atomic mass is 32.2. The zero-order valence-electron chi connectivity index (χ0n) is 21.3. The normalized spacial score (nSPS) is 24.8. The standard InChI is InChI=1S/C27H40N6O2S/c34-36(35,22-23-10-4-3-5-11-23)33-19-9-13-25(21-33)32-18-8-12-24(20-32)29-27-28-15-14-26(30-27)31-16-6-1-2-7-17-31/h3-5,10-11,14-15,24-25H,1-2,6-9,12-13,16-22H2,(H,28,29,30). The molecule has 9 heteroatoms. The Hall–Kier alpha value is -2.23. The van der Waals surface area contributed by atoms with Gasteiger partial charge in [0.25, 0.3) is 0 Å². The molecule has 3 fully saturated rings. The molecule has 2 unspecified atom stereocenters. The second-order valence-electron chi connectivity index (χ2n) is 10.5. The van der Waals surface area contributed by atoms with Crippen LogP contribution in [0.4, 0.5) is 11.8 Å². The summed E-state index contributed by atoms with van der Waals surface area (Å²) in [5.74, 6) is 1.81. The van der Waals surface area contributed by atoms with Gasteiger partial charge in [-0.1, -0.05) is 43.2 Å². The summed E-state index contributed by atoms with van der Waals surface area (Å²) in [6, 6.07) is 12.1. The molecule has 196 valence electrons. The lowest BCUT2D eigenvalue weighted by atomic mass is 9.99. The van der Waals surface area contributed by atoms with Crippen LogP contribution in [0, 0.1) is 0 Å². The Labute approximate surface area is 216 Å². The van der Waals surface area contributed by atoms with Gasteiger partial charge in [0.1, 0.15) is 5.82 Å². The molecule has 3 aliphatic heterocycles. The first-order chi connectivity index (χ1) is 17.6. The van der Waals surface area contributed by atoms with Gasteiger partial charge in [0.05, 0.1) is 5.75 Å². The molecular weight excluding hydrogens is 472 g/mol. The first kappa shape index (κ1) is 25.4. The number of benzene rings is 1. The minimum atomic E-state index is -3.32. The maximum absolute atomic E-state index is 13.1. The number of hydrogen-bond acceptors (Lipinski definition) is 7. The molecule has 0 bridgehead atoms. The monoisotopic (exact) mass is 512 g/mol. The van der Waals surface area contributed by atoms with Gasteiger partial charge in [-0.25, -0.2) is 17.7 Å². The Balaban J connectivity index is 1.19. The molecule has 2 aromatic rings. The number of sulfonamides is 1. The average molecular weight is 513 g/mol. The molecule has 8 nitrogen and oxygen atoms in total. The van der Waals surface area contributed by atoms with Crippen LogP contribution in [-0.4, -0.2) is 78.9 Å². The van der Waals surface area contributed by atoms with E-state index >= 15 is 0 Å². The summed E-state index contributed by atoms with van der Waals surface area (Å²) in [6.07, 6.45) is 11.1. The molecule has 2 atom stereocenters. The number of nitrogens with one attached hydrogen (secondary N) is 1. The van der Waals surface area contributed by atoms with Crippen LogP contribution in [0.3, 0.4) is 0 Å². The van der Waals surface area contributed by atoms with Crippen molar-refractivity contribution in [2.45, 2.75) is 69.2 Å². The SMILES string of the molecule is O=S(=O)(Cc1ccccc1)N1CCCC(N2CCCC(Nc3nccc(N4CCCCCC4)n3)C2)C1. The van der Waals surface area contributed by atoms with Crippen LogP contribution >= 0.6 is 0 Å². The lowest BCUT2D eigenvalue weighted by Gasteiger charge is -2.42. The van der Waals surface area contributed by atoms with E-state index in [0.29, 0.717) is 19.0 Å². The minimum absolute atomic E-state index is 0.0788. The number of aromatic nitrogens is 2. The van der Waals surface area contributed by atoms with Crippen molar-refractivity contribution in [2.24, 2.45) is 0 Å². The van der Waals surface area contributed by atoms with Gasteiger partial charge in [0.15, 0.2) is 0 Å². The van der Waals surface area contributed by atoms with Gasteiger partial charge in [-0.15, -0.1) is 0 Å². The van der Waals surface area contributed by atoms with E-state index in [1.54, 1.807) is 4.31 Å². The largest absolute Gasteiger partial charge is 0.356 e. The fourth-order valence-corrected chi connectivity index (χ4v) is 7.48. The van der Waals surface area contributed by atoms with Gasteiger partial charge in [0.2, 0.25) is 16.0 Å². The highest BCUT2D eigenvalue weighted by Gasteiger charge is 2.34. The summed E-state index contributed by atoms with van der Waals surface area (Å²) in [5, 5.41) is 3.60. The van der Waals surface area contributed by atoms with Crippen molar-refractivity contribution >= 4 is 21.8 Å². The Bertz CT molecular complexity index is 1070. The van der Waals surface area contributed by atoms with E-state index in [0.717, 1.165) is 63.2 Å². The zero-order chi connectivity index (χ0) is 24.8. The molecule has 1 aromatic heterocycles. The molecule has 3 aliphatic rings. The Morgan fingerprint density at radius 3 is 2.44 bits per heavy atom. The maximum Gasteiger partial charge on any atom is 0.224 e. The van der Waals surface area contributed by atoms with Crippen molar-refractivity contribution in [3.05, 3.63) is 48.2 Å². The molecule has 0 radical (unpaired) electrons. The van der Waals surface area contributed by atoms with Gasteiger partial charge >= 0.3 is 0 Å². The van der Waals surface area contributed by atoms with Crippen molar-refractivity contribution in [1.82, 2.24) is 19.2 Å². The lowest BCUT2D eigenvalue weighted by molar-refractivity contribution is 0.108. The van der Waals surface area contributed by atoms with Crippen LogP contribution in [0.2, 0.25) is 0 Å². The summed E-state index contributed by atoms with van der Waals surface area (Å²) >= 11 is 0. The third-order valence-electron chi connectivity index (χ3n) is 7.82. The Morgan fingerprint density at radius 1 is 0.861 bits per heavy atom. The van der Waals surface area contributed by atoms with E-state index in [1.807, 2.05) is 42.6 Å². The fourth-order valence-electron chi connectivity index (χ4n) is 5.88. The molecule has 36 heavy (non-hydrogen) atoms. The van der Waals surface area contributed by atoms with Gasteiger partial charge in [0, 0.05) is 51.0 Å². The lowest BCUT2D eigenvalue weighted by Crippen LogP contribution is -2.54. The Kier molecular flexibility index (Phi) is 8.39. The van der Waals surface area contributed by atoms with Crippen molar-refractivity contribution in [3.63, 3.8) is 0 Å². The summed E-state index contributed by atoms with van der Waals surface area (Å²) < 4.78 is 28.0. The minimum Gasteiger partial charge on any atom is -0.356 e. The van der Waals surface area contributed by atoms with Crippen LogP contribution in [0.15, 0.2) is 42.6 Å². The second kappa shape index (κ2) is 11.9. The van der Waals surface area contributed by atoms with Gasteiger partial charge in [-0.2, -0.15) is 4.98 Å². The van der Waals surface area contributed by atoms with Crippen LogP contribution in [0.1, 0.15) is 56.9 Å². The van der Waals surface area contributed by atoms with Crippen LogP contribution in [0.25, 0.3) is 0 Å². The van der Waals surface area contributed by atoms with E-state index < -0.39 is 10.0 Å². The molecule has 0 aliphatic carbocycles. The van der Waals surface area contributed by atoms with Crippen LogP contribution in [-0.2, 0) is 15.8 Å². The first-order valence-electron chi connectivity index (χ1n) is 13.7. The Morgan fingerprint density at radius 2 is 1.64 bits per heavy atom. The quantitative estimate of drug-likeness (QED) is 0.605. The molecule has 1 aromatic carbocycles. The number of rotatable bonds is 7. The van der Waals surface area contributed by atoms with Gasteiger partial charge < -0.3 is 10.2 Å². The molecule has 5 rings (SSSR count). The van der Waals surface area contributed by atoms with Crippen molar-refractivity contribution < 1.29 is 8.42 Å². The van der Waals surface area contributed by atoms with Crippen LogP contribution < -0.4 is 10.2 Å². The first-order valence-corrected chi connectivity index (χ1v) is 15.3. The van der Waals surface area contributed by atoms with Crippen molar-refractivity contribution in [3.8, 4) is 0 Å². The zero-order valence-corrected chi connectivity index (χ0v) is 22.1. The molecule has 4 heterocycles. The van der Waals surface area contributed by atoms with E-state index in [1.165, 1.54) is 25.7 Å². The summed E-state index contributed by atoms with van der Waals surface area (Å²) in [7, 11) is -3.32. The molecule has 3 saturated heterocycles. The molecule has 0 spiro atoms. The third kappa shape index (κ3) is 6.55.